The Morgan fingerprint density at radius 1 is 1.12 bits per heavy atom. The third-order valence-electron chi connectivity index (χ3n) is 3.92. The minimum atomic E-state index is -0.463. The molecule has 2 amide bonds. The first-order chi connectivity index (χ1) is 12.0. The maximum Gasteiger partial charge on any atom is 0.245 e. The number of methoxy groups -OCH3 is 2. The molecule has 7 nitrogen and oxygen atoms in total. The summed E-state index contributed by atoms with van der Waals surface area (Å²) < 4.78 is 10.1. The first-order valence-corrected chi connectivity index (χ1v) is 7.98. The monoisotopic (exact) mass is 361 g/mol. The van der Waals surface area contributed by atoms with Crippen LogP contribution in [0.4, 0.5) is 5.95 Å². The fourth-order valence-electron chi connectivity index (χ4n) is 2.67. The van der Waals surface area contributed by atoms with Crippen molar-refractivity contribution in [3.05, 3.63) is 40.9 Å². The van der Waals surface area contributed by atoms with Gasteiger partial charge in [-0.15, -0.1) is 0 Å². The zero-order valence-electron chi connectivity index (χ0n) is 13.7. The van der Waals surface area contributed by atoms with Gasteiger partial charge in [0.2, 0.25) is 29.5 Å². The van der Waals surface area contributed by atoms with E-state index in [1.54, 1.807) is 12.1 Å². The summed E-state index contributed by atoms with van der Waals surface area (Å²) in [5, 5.41) is 0.621. The second-order valence-corrected chi connectivity index (χ2v) is 5.99. The molecule has 1 atom stereocenters. The van der Waals surface area contributed by atoms with Gasteiger partial charge in [-0.1, -0.05) is 23.7 Å². The van der Waals surface area contributed by atoms with Gasteiger partial charge >= 0.3 is 0 Å². The first-order valence-electron chi connectivity index (χ1n) is 7.60. The Kier molecular flexibility index (Phi) is 4.85. The molecular weight excluding hydrogens is 346 g/mol. The number of anilines is 1. The molecule has 0 spiro atoms. The summed E-state index contributed by atoms with van der Waals surface area (Å²) in [5.74, 6) is -0.763. The average molecular weight is 362 g/mol. The van der Waals surface area contributed by atoms with Crippen molar-refractivity contribution in [1.29, 1.82) is 0 Å². The fraction of sp³-hybridized carbons (Fsp3) is 0.294. The number of aromatic nitrogens is 2. The van der Waals surface area contributed by atoms with Crippen molar-refractivity contribution < 1.29 is 19.1 Å². The summed E-state index contributed by atoms with van der Waals surface area (Å²) in [5.41, 5.74) is 0.932. The van der Waals surface area contributed by atoms with Crippen LogP contribution >= 0.6 is 11.6 Å². The predicted molar refractivity (Wildman–Crippen MR) is 90.9 cm³/mol. The number of rotatable bonds is 5. The first kappa shape index (κ1) is 17.2. The molecule has 2 aromatic rings. The van der Waals surface area contributed by atoms with Gasteiger partial charge in [-0.3, -0.25) is 9.59 Å². The Hall–Kier alpha value is -2.67. The molecule has 0 N–H and O–H groups in total. The van der Waals surface area contributed by atoms with Crippen LogP contribution in [0.3, 0.4) is 0 Å². The van der Waals surface area contributed by atoms with Gasteiger partial charge in [0, 0.05) is 11.4 Å². The van der Waals surface area contributed by atoms with Gasteiger partial charge in [0.05, 0.1) is 26.2 Å². The molecule has 2 heterocycles. The number of hydrogen-bond donors (Lipinski definition) is 0. The lowest BCUT2D eigenvalue weighted by Crippen LogP contribution is -2.32. The Bertz CT molecular complexity index is 788. The van der Waals surface area contributed by atoms with Gasteiger partial charge in [0.25, 0.3) is 0 Å². The highest BCUT2D eigenvalue weighted by atomic mass is 35.5. The lowest BCUT2D eigenvalue weighted by atomic mass is 9.98. The van der Waals surface area contributed by atoms with Gasteiger partial charge < -0.3 is 9.47 Å². The molecule has 130 valence electrons. The van der Waals surface area contributed by atoms with E-state index < -0.39 is 5.92 Å². The van der Waals surface area contributed by atoms with Crippen LogP contribution in [0.2, 0.25) is 5.02 Å². The van der Waals surface area contributed by atoms with Gasteiger partial charge in [0.15, 0.2) is 0 Å². The molecule has 0 radical (unpaired) electrons. The van der Waals surface area contributed by atoms with Crippen molar-refractivity contribution in [1.82, 2.24) is 9.97 Å². The molecule has 0 aliphatic carbocycles. The topological polar surface area (TPSA) is 81.6 Å². The summed E-state index contributed by atoms with van der Waals surface area (Å²) in [6.45, 7) is 0. The molecule has 3 rings (SSSR count). The molecule has 0 bridgehead atoms. The van der Waals surface area contributed by atoms with E-state index in [4.69, 9.17) is 21.1 Å². The van der Waals surface area contributed by atoms with Crippen LogP contribution in [0, 0.1) is 5.92 Å². The van der Waals surface area contributed by atoms with E-state index >= 15 is 0 Å². The van der Waals surface area contributed by atoms with Crippen LogP contribution in [0.15, 0.2) is 30.3 Å². The molecule has 8 heteroatoms. The van der Waals surface area contributed by atoms with Crippen LogP contribution in [0.1, 0.15) is 12.0 Å². The molecule has 1 aliphatic rings. The minimum absolute atomic E-state index is 0.0372. The summed E-state index contributed by atoms with van der Waals surface area (Å²) in [6, 6.07) is 8.67. The number of carbonyl (C=O) groups is 2. The molecule has 0 saturated carbocycles. The lowest BCUT2D eigenvalue weighted by Gasteiger charge is -2.14. The van der Waals surface area contributed by atoms with E-state index in [1.165, 1.54) is 20.3 Å². The van der Waals surface area contributed by atoms with Gasteiger partial charge in [-0.05, 0) is 24.1 Å². The third kappa shape index (κ3) is 3.56. The number of hydrogen-bond acceptors (Lipinski definition) is 6. The minimum Gasteiger partial charge on any atom is -0.481 e. The van der Waals surface area contributed by atoms with E-state index in [-0.39, 0.29) is 35.9 Å². The predicted octanol–water partition coefficient (Wildman–Crippen LogP) is 2.27. The van der Waals surface area contributed by atoms with E-state index in [1.807, 2.05) is 12.1 Å². The zero-order valence-corrected chi connectivity index (χ0v) is 14.5. The Morgan fingerprint density at radius 2 is 1.72 bits per heavy atom. The molecule has 1 fully saturated rings. The van der Waals surface area contributed by atoms with Crippen molar-refractivity contribution in [2.45, 2.75) is 12.8 Å². The normalized spacial score (nSPS) is 17.1. The van der Waals surface area contributed by atoms with Crippen LogP contribution in [0.25, 0.3) is 0 Å². The largest absolute Gasteiger partial charge is 0.481 e. The highest BCUT2D eigenvalue weighted by Crippen LogP contribution is 2.29. The maximum atomic E-state index is 12.7. The summed E-state index contributed by atoms with van der Waals surface area (Å²) >= 11 is 5.87. The second-order valence-electron chi connectivity index (χ2n) is 5.55. The van der Waals surface area contributed by atoms with E-state index in [0.29, 0.717) is 11.4 Å². The molecule has 25 heavy (non-hydrogen) atoms. The van der Waals surface area contributed by atoms with Crippen LogP contribution in [0.5, 0.6) is 11.8 Å². The van der Waals surface area contributed by atoms with Crippen molar-refractivity contribution >= 4 is 29.4 Å². The number of amides is 2. The Balaban J connectivity index is 1.85. The summed E-state index contributed by atoms with van der Waals surface area (Å²) in [6.07, 6.45) is 0.545. The number of carbonyl (C=O) groups excluding carboxylic acids is 2. The number of benzene rings is 1. The zero-order chi connectivity index (χ0) is 18.0. The van der Waals surface area contributed by atoms with Gasteiger partial charge in [-0.2, -0.15) is 9.97 Å². The number of imide groups is 1. The standard InChI is InChI=1S/C17H16ClN3O4/c1-24-13-9-14(25-2)20-17(19-13)21-15(22)8-11(16(21)23)7-10-3-5-12(18)6-4-10/h3-6,9,11H,7-8H2,1-2H3/t11-/m1/s1. The lowest BCUT2D eigenvalue weighted by molar-refractivity contribution is -0.122. The second kappa shape index (κ2) is 7.06. The Labute approximate surface area is 149 Å². The van der Waals surface area contributed by atoms with Crippen molar-refractivity contribution in [3.63, 3.8) is 0 Å². The molecule has 1 aromatic carbocycles. The summed E-state index contributed by atoms with van der Waals surface area (Å²) in [7, 11) is 2.87. The molecule has 1 aromatic heterocycles. The maximum absolute atomic E-state index is 12.7. The van der Waals surface area contributed by atoms with Crippen molar-refractivity contribution in [2.24, 2.45) is 5.92 Å². The molecule has 0 unspecified atom stereocenters. The highest BCUT2D eigenvalue weighted by molar-refractivity contribution is 6.30. The quantitative estimate of drug-likeness (QED) is 0.760. The van der Waals surface area contributed by atoms with Crippen LogP contribution in [-0.4, -0.2) is 36.0 Å². The van der Waals surface area contributed by atoms with Crippen molar-refractivity contribution in [2.75, 3.05) is 19.1 Å². The van der Waals surface area contributed by atoms with Gasteiger partial charge in [-0.25, -0.2) is 4.90 Å². The highest BCUT2D eigenvalue weighted by Gasteiger charge is 2.41. The van der Waals surface area contributed by atoms with Gasteiger partial charge in [0.1, 0.15) is 0 Å². The van der Waals surface area contributed by atoms with E-state index in [9.17, 15) is 9.59 Å². The smallest absolute Gasteiger partial charge is 0.245 e. The molecular formula is C17H16ClN3O4. The fourth-order valence-corrected chi connectivity index (χ4v) is 2.80. The van der Waals surface area contributed by atoms with E-state index in [2.05, 4.69) is 9.97 Å². The molecule has 1 saturated heterocycles. The van der Waals surface area contributed by atoms with E-state index in [0.717, 1.165) is 10.5 Å². The molecule has 1 aliphatic heterocycles. The van der Waals surface area contributed by atoms with Crippen LogP contribution < -0.4 is 14.4 Å². The summed E-state index contributed by atoms with van der Waals surface area (Å²) in [4.78, 5) is 34.2. The van der Waals surface area contributed by atoms with Crippen LogP contribution in [-0.2, 0) is 16.0 Å². The Morgan fingerprint density at radius 3 is 2.28 bits per heavy atom. The number of halogens is 1. The SMILES string of the molecule is COc1cc(OC)nc(N2C(=O)C[C@@H](Cc3ccc(Cl)cc3)C2=O)n1. The number of ether oxygens (including phenoxy) is 2. The van der Waals surface area contributed by atoms with Crippen molar-refractivity contribution in [3.8, 4) is 11.8 Å². The number of nitrogens with zero attached hydrogens (tertiary/aromatic N) is 3. The third-order valence-corrected chi connectivity index (χ3v) is 4.17. The average Bonchev–Trinajstić information content (AvgIpc) is 2.90.